The number of fused-ring (bicyclic) bond motifs is 1. The molecule has 144 valence electrons. The highest BCUT2D eigenvalue weighted by atomic mass is 32.1. The van der Waals surface area contributed by atoms with E-state index in [9.17, 15) is 4.79 Å². The van der Waals surface area contributed by atoms with E-state index in [1.54, 1.807) is 11.3 Å². The van der Waals surface area contributed by atoms with Crippen molar-refractivity contribution in [3.63, 3.8) is 0 Å². The summed E-state index contributed by atoms with van der Waals surface area (Å²) in [6.45, 7) is 12.4. The average molecular weight is 378 g/mol. The molecular weight excluding hydrogens is 346 g/mol. The van der Waals surface area contributed by atoms with Crippen molar-refractivity contribution < 1.29 is 4.79 Å². The van der Waals surface area contributed by atoms with Crippen molar-refractivity contribution in [3.8, 4) is 0 Å². The second kappa shape index (κ2) is 7.55. The second-order valence-corrected chi connectivity index (χ2v) is 9.41. The standard InChI is InChI=1S/C19H31N5OS/c1-6-8-13(2)20-16(25)14-9-7-10-23(11-14)18-22-24-12-15(19(3,4)5)21-17(24)26-18/h12-14H,6-11H2,1-5H3,(H,20,25). The summed E-state index contributed by atoms with van der Waals surface area (Å²) >= 11 is 1.61. The topological polar surface area (TPSA) is 62.5 Å². The van der Waals surface area contributed by atoms with Crippen LogP contribution in [0, 0.1) is 5.92 Å². The van der Waals surface area contributed by atoms with Gasteiger partial charge in [0.05, 0.1) is 17.8 Å². The Kier molecular flexibility index (Phi) is 5.55. The number of piperidine rings is 1. The Labute approximate surface area is 160 Å². The van der Waals surface area contributed by atoms with Crippen LogP contribution in [-0.2, 0) is 10.2 Å². The van der Waals surface area contributed by atoms with E-state index in [1.165, 1.54) is 0 Å². The van der Waals surface area contributed by atoms with Crippen LogP contribution >= 0.6 is 11.3 Å². The third kappa shape index (κ3) is 4.19. The molecule has 6 nitrogen and oxygen atoms in total. The molecule has 2 atom stereocenters. The molecule has 0 aromatic carbocycles. The van der Waals surface area contributed by atoms with E-state index in [2.05, 4.69) is 44.8 Å². The van der Waals surface area contributed by atoms with Crippen LogP contribution in [0.4, 0.5) is 5.13 Å². The molecule has 1 saturated heterocycles. The van der Waals surface area contributed by atoms with Crippen molar-refractivity contribution in [1.29, 1.82) is 0 Å². The maximum absolute atomic E-state index is 12.6. The van der Waals surface area contributed by atoms with E-state index in [-0.39, 0.29) is 23.3 Å². The van der Waals surface area contributed by atoms with Crippen molar-refractivity contribution in [2.75, 3.05) is 18.0 Å². The minimum absolute atomic E-state index is 0.0249. The van der Waals surface area contributed by atoms with E-state index in [0.717, 1.165) is 54.6 Å². The number of amides is 1. The van der Waals surface area contributed by atoms with E-state index in [0.29, 0.717) is 0 Å². The van der Waals surface area contributed by atoms with Crippen molar-refractivity contribution in [3.05, 3.63) is 11.9 Å². The fourth-order valence-electron chi connectivity index (χ4n) is 3.41. The van der Waals surface area contributed by atoms with Crippen LogP contribution in [0.3, 0.4) is 0 Å². The van der Waals surface area contributed by atoms with Gasteiger partial charge in [-0.15, -0.1) is 5.10 Å². The minimum Gasteiger partial charge on any atom is -0.353 e. The average Bonchev–Trinajstić information content (AvgIpc) is 3.13. The Hall–Kier alpha value is -1.63. The van der Waals surface area contributed by atoms with Crippen LogP contribution in [0.1, 0.15) is 66.0 Å². The van der Waals surface area contributed by atoms with E-state index < -0.39 is 0 Å². The van der Waals surface area contributed by atoms with Gasteiger partial charge < -0.3 is 10.2 Å². The molecule has 26 heavy (non-hydrogen) atoms. The summed E-state index contributed by atoms with van der Waals surface area (Å²) in [6.07, 6.45) is 6.12. The van der Waals surface area contributed by atoms with Gasteiger partial charge in [-0.25, -0.2) is 9.50 Å². The molecule has 1 fully saturated rings. The Morgan fingerprint density at radius 3 is 2.88 bits per heavy atom. The molecule has 2 unspecified atom stereocenters. The van der Waals surface area contributed by atoms with E-state index in [1.807, 2.05) is 10.7 Å². The molecule has 2 aromatic rings. The van der Waals surface area contributed by atoms with Gasteiger partial charge in [-0.05, 0) is 26.2 Å². The molecule has 7 heteroatoms. The van der Waals surface area contributed by atoms with Gasteiger partial charge in [-0.2, -0.15) is 0 Å². The van der Waals surface area contributed by atoms with Crippen molar-refractivity contribution >= 4 is 27.3 Å². The number of rotatable bonds is 5. The van der Waals surface area contributed by atoms with Gasteiger partial charge in [0, 0.05) is 24.5 Å². The Morgan fingerprint density at radius 2 is 2.23 bits per heavy atom. The molecule has 3 heterocycles. The van der Waals surface area contributed by atoms with Crippen molar-refractivity contribution in [2.45, 2.75) is 71.8 Å². The number of imidazole rings is 1. The van der Waals surface area contributed by atoms with Crippen LogP contribution in [0.2, 0.25) is 0 Å². The fourth-order valence-corrected chi connectivity index (χ4v) is 4.33. The first-order valence-corrected chi connectivity index (χ1v) is 10.5. The number of aromatic nitrogens is 3. The normalized spacial score (nSPS) is 19.7. The highest BCUT2D eigenvalue weighted by Gasteiger charge is 2.29. The summed E-state index contributed by atoms with van der Waals surface area (Å²) < 4.78 is 1.88. The van der Waals surface area contributed by atoms with Gasteiger partial charge in [0.1, 0.15) is 0 Å². The second-order valence-electron chi connectivity index (χ2n) is 8.47. The Balaban J connectivity index is 1.68. The number of carbonyl (C=O) groups excluding carboxylic acids is 1. The molecule has 0 saturated carbocycles. The molecule has 3 rings (SSSR count). The van der Waals surface area contributed by atoms with Gasteiger partial charge in [-0.1, -0.05) is 45.5 Å². The lowest BCUT2D eigenvalue weighted by Gasteiger charge is -2.32. The fraction of sp³-hybridized carbons (Fsp3) is 0.737. The molecule has 0 bridgehead atoms. The summed E-state index contributed by atoms with van der Waals surface area (Å²) in [5.41, 5.74) is 1.08. The maximum atomic E-state index is 12.6. The molecule has 0 spiro atoms. The van der Waals surface area contributed by atoms with E-state index in [4.69, 9.17) is 10.1 Å². The van der Waals surface area contributed by atoms with Gasteiger partial charge in [-0.3, -0.25) is 4.79 Å². The quantitative estimate of drug-likeness (QED) is 0.865. The zero-order valence-electron chi connectivity index (χ0n) is 16.6. The first kappa shape index (κ1) is 19.1. The van der Waals surface area contributed by atoms with Crippen LogP contribution in [0.15, 0.2) is 6.20 Å². The SMILES string of the molecule is CCCC(C)NC(=O)C1CCCN(c2nn3cc(C(C)(C)C)nc3s2)C1. The zero-order valence-corrected chi connectivity index (χ0v) is 17.4. The van der Waals surface area contributed by atoms with Gasteiger partial charge >= 0.3 is 0 Å². The van der Waals surface area contributed by atoms with Crippen LogP contribution < -0.4 is 10.2 Å². The van der Waals surface area contributed by atoms with Gasteiger partial charge in [0.25, 0.3) is 0 Å². The lowest BCUT2D eigenvalue weighted by Crippen LogP contribution is -2.45. The smallest absolute Gasteiger partial charge is 0.225 e. The summed E-state index contributed by atoms with van der Waals surface area (Å²) in [5.74, 6) is 0.233. The van der Waals surface area contributed by atoms with Crippen LogP contribution in [-0.4, -0.2) is 39.6 Å². The third-order valence-electron chi connectivity index (χ3n) is 4.97. The molecule has 1 N–H and O–H groups in total. The number of nitrogens with zero attached hydrogens (tertiary/aromatic N) is 4. The van der Waals surface area contributed by atoms with Crippen molar-refractivity contribution in [2.24, 2.45) is 5.92 Å². The summed E-state index contributed by atoms with van der Waals surface area (Å²) in [4.78, 5) is 20.5. The number of hydrogen-bond donors (Lipinski definition) is 1. The third-order valence-corrected chi connectivity index (χ3v) is 5.96. The summed E-state index contributed by atoms with van der Waals surface area (Å²) in [6, 6.07) is 0.252. The molecule has 1 aliphatic rings. The molecule has 2 aromatic heterocycles. The summed E-state index contributed by atoms with van der Waals surface area (Å²) in [5, 5.41) is 8.85. The lowest BCUT2D eigenvalue weighted by atomic mass is 9.93. The minimum atomic E-state index is 0.0249. The highest BCUT2D eigenvalue weighted by molar-refractivity contribution is 7.20. The van der Waals surface area contributed by atoms with Gasteiger partial charge in [0.15, 0.2) is 0 Å². The number of anilines is 1. The highest BCUT2D eigenvalue weighted by Crippen LogP contribution is 2.30. The van der Waals surface area contributed by atoms with E-state index >= 15 is 0 Å². The molecule has 1 aliphatic heterocycles. The Bertz CT molecular complexity index is 728. The lowest BCUT2D eigenvalue weighted by molar-refractivity contribution is -0.125. The van der Waals surface area contributed by atoms with Crippen LogP contribution in [0.5, 0.6) is 0 Å². The molecule has 0 aliphatic carbocycles. The van der Waals surface area contributed by atoms with Crippen molar-refractivity contribution in [1.82, 2.24) is 19.9 Å². The number of nitrogens with one attached hydrogen (secondary N) is 1. The maximum Gasteiger partial charge on any atom is 0.225 e. The first-order valence-electron chi connectivity index (χ1n) is 9.70. The Morgan fingerprint density at radius 1 is 1.46 bits per heavy atom. The summed E-state index contributed by atoms with van der Waals surface area (Å²) in [7, 11) is 0. The predicted octanol–water partition coefficient (Wildman–Crippen LogP) is 3.61. The number of hydrogen-bond acceptors (Lipinski definition) is 5. The molecular formula is C19H31N5OS. The predicted molar refractivity (Wildman–Crippen MR) is 107 cm³/mol. The largest absolute Gasteiger partial charge is 0.353 e. The zero-order chi connectivity index (χ0) is 18.9. The monoisotopic (exact) mass is 377 g/mol. The van der Waals surface area contributed by atoms with Crippen LogP contribution in [0.25, 0.3) is 4.96 Å². The molecule has 0 radical (unpaired) electrons. The van der Waals surface area contributed by atoms with Gasteiger partial charge in [0.2, 0.25) is 16.0 Å². The first-order chi connectivity index (χ1) is 12.3. The number of carbonyl (C=O) groups is 1. The molecule has 1 amide bonds.